The number of hydrogen-bond acceptors (Lipinski definition) is 2. The quantitative estimate of drug-likeness (QED) is 0.781. The first-order valence-electron chi connectivity index (χ1n) is 3.93. The summed E-state index contributed by atoms with van der Waals surface area (Å²) in [5.74, 6) is -1.78. The van der Waals surface area contributed by atoms with Crippen LogP contribution in [0.15, 0.2) is 18.2 Å². The van der Waals surface area contributed by atoms with Gasteiger partial charge in [0, 0.05) is 6.04 Å². The first-order valence-corrected chi connectivity index (χ1v) is 3.93. The maximum atomic E-state index is 12.9. The molecule has 0 aromatic heterocycles. The summed E-state index contributed by atoms with van der Waals surface area (Å²) in [6, 6.07) is 3.31. The topological polar surface area (TPSA) is 35.2 Å². The second-order valence-corrected chi connectivity index (χ2v) is 2.84. The van der Waals surface area contributed by atoms with Crippen LogP contribution >= 0.6 is 0 Å². The molecular weight excluding hydrogens is 176 g/mol. The monoisotopic (exact) mass is 187 g/mol. The Morgan fingerprint density at radius 3 is 2.38 bits per heavy atom. The second kappa shape index (κ2) is 4.18. The molecule has 0 fully saturated rings. The van der Waals surface area contributed by atoms with Gasteiger partial charge in [-0.15, -0.1) is 0 Å². The van der Waals surface area contributed by atoms with E-state index in [1.54, 1.807) is 6.92 Å². The molecular formula is C9H11F2NO. The Morgan fingerprint density at radius 2 is 1.92 bits per heavy atom. The summed E-state index contributed by atoms with van der Waals surface area (Å²) < 4.78 is 30.6. The van der Waals surface area contributed by atoms with Crippen LogP contribution in [0.25, 0.3) is 0 Å². The van der Waals surface area contributed by atoms with Crippen LogP contribution in [0.4, 0.5) is 8.78 Å². The van der Waals surface area contributed by atoms with Gasteiger partial charge < -0.3 is 10.5 Å². The van der Waals surface area contributed by atoms with Crippen LogP contribution in [0.3, 0.4) is 0 Å². The van der Waals surface area contributed by atoms with Crippen molar-refractivity contribution in [1.82, 2.24) is 0 Å². The molecule has 13 heavy (non-hydrogen) atoms. The molecule has 0 saturated carbocycles. The van der Waals surface area contributed by atoms with Crippen LogP contribution in [-0.4, -0.2) is 12.6 Å². The predicted octanol–water partition coefficient (Wildman–Crippen LogP) is 1.69. The fourth-order valence-corrected chi connectivity index (χ4v) is 0.835. The predicted molar refractivity (Wildman–Crippen MR) is 45.5 cm³/mol. The van der Waals surface area contributed by atoms with Crippen molar-refractivity contribution < 1.29 is 13.5 Å². The lowest BCUT2D eigenvalue weighted by Gasteiger charge is -2.09. The molecule has 1 aromatic carbocycles. The molecule has 2 nitrogen and oxygen atoms in total. The third-order valence-electron chi connectivity index (χ3n) is 1.41. The molecule has 0 saturated heterocycles. The van der Waals surface area contributed by atoms with Gasteiger partial charge in [0.1, 0.15) is 6.61 Å². The largest absolute Gasteiger partial charge is 0.486 e. The molecule has 1 rings (SSSR count). The van der Waals surface area contributed by atoms with Crippen molar-refractivity contribution in [2.24, 2.45) is 5.73 Å². The maximum Gasteiger partial charge on any atom is 0.190 e. The Balaban J connectivity index is 2.75. The van der Waals surface area contributed by atoms with Crippen molar-refractivity contribution >= 4 is 0 Å². The van der Waals surface area contributed by atoms with Crippen LogP contribution in [0, 0.1) is 11.6 Å². The summed E-state index contributed by atoms with van der Waals surface area (Å²) in [6.45, 7) is 1.79. The molecule has 1 atom stereocenters. The van der Waals surface area contributed by atoms with Crippen molar-refractivity contribution in [3.8, 4) is 5.75 Å². The number of ether oxygens (including phenoxy) is 1. The Hall–Kier alpha value is -1.16. The van der Waals surface area contributed by atoms with E-state index < -0.39 is 11.6 Å². The number of nitrogens with two attached hydrogens (primary N) is 1. The third kappa shape index (κ3) is 2.66. The number of rotatable bonds is 3. The molecule has 0 heterocycles. The zero-order chi connectivity index (χ0) is 9.84. The van der Waals surface area contributed by atoms with E-state index in [1.807, 2.05) is 0 Å². The van der Waals surface area contributed by atoms with Gasteiger partial charge in [-0.1, -0.05) is 6.07 Å². The van der Waals surface area contributed by atoms with Crippen molar-refractivity contribution in [3.63, 3.8) is 0 Å². The lowest BCUT2D eigenvalue weighted by Crippen LogP contribution is -2.24. The summed E-state index contributed by atoms with van der Waals surface area (Å²) >= 11 is 0. The summed E-state index contributed by atoms with van der Waals surface area (Å²) in [6.07, 6.45) is 0. The van der Waals surface area contributed by atoms with Crippen LogP contribution in [0.1, 0.15) is 6.92 Å². The highest BCUT2D eigenvalue weighted by Gasteiger charge is 2.09. The molecule has 0 aliphatic rings. The first kappa shape index (κ1) is 9.92. The normalized spacial score (nSPS) is 12.6. The molecule has 72 valence electrons. The van der Waals surface area contributed by atoms with Crippen LogP contribution in [0.2, 0.25) is 0 Å². The SMILES string of the molecule is CC(N)COc1c(F)cccc1F. The highest BCUT2D eigenvalue weighted by Crippen LogP contribution is 2.20. The minimum atomic E-state index is -0.708. The van der Waals surface area contributed by atoms with Crippen LogP contribution < -0.4 is 10.5 Å². The molecule has 2 N–H and O–H groups in total. The van der Waals surface area contributed by atoms with Gasteiger partial charge in [0.2, 0.25) is 0 Å². The Kier molecular flexibility index (Phi) is 3.19. The van der Waals surface area contributed by atoms with Crippen molar-refractivity contribution in [2.75, 3.05) is 6.61 Å². The van der Waals surface area contributed by atoms with Gasteiger partial charge in [-0.3, -0.25) is 0 Å². The van der Waals surface area contributed by atoms with Gasteiger partial charge in [0.05, 0.1) is 0 Å². The smallest absolute Gasteiger partial charge is 0.190 e. The average Bonchev–Trinajstić information content (AvgIpc) is 2.03. The van der Waals surface area contributed by atoms with E-state index in [4.69, 9.17) is 10.5 Å². The molecule has 0 bridgehead atoms. The van der Waals surface area contributed by atoms with Gasteiger partial charge >= 0.3 is 0 Å². The molecule has 0 spiro atoms. The fourth-order valence-electron chi connectivity index (χ4n) is 0.835. The van der Waals surface area contributed by atoms with Gasteiger partial charge in [-0.25, -0.2) is 8.78 Å². The van der Waals surface area contributed by atoms with Gasteiger partial charge in [0.15, 0.2) is 17.4 Å². The van der Waals surface area contributed by atoms with Gasteiger partial charge in [-0.05, 0) is 19.1 Å². The highest BCUT2D eigenvalue weighted by atomic mass is 19.1. The molecule has 0 amide bonds. The molecule has 4 heteroatoms. The lowest BCUT2D eigenvalue weighted by molar-refractivity contribution is 0.268. The highest BCUT2D eigenvalue weighted by molar-refractivity contribution is 5.25. The number of para-hydroxylation sites is 1. The van der Waals surface area contributed by atoms with Crippen LogP contribution in [0.5, 0.6) is 5.75 Å². The van der Waals surface area contributed by atoms with Crippen molar-refractivity contribution in [1.29, 1.82) is 0 Å². The third-order valence-corrected chi connectivity index (χ3v) is 1.41. The second-order valence-electron chi connectivity index (χ2n) is 2.84. The zero-order valence-corrected chi connectivity index (χ0v) is 7.26. The maximum absolute atomic E-state index is 12.9. The van der Waals surface area contributed by atoms with E-state index >= 15 is 0 Å². The number of halogens is 2. The Bertz CT molecular complexity index is 269. The van der Waals surface area contributed by atoms with E-state index in [2.05, 4.69) is 0 Å². The fraction of sp³-hybridized carbons (Fsp3) is 0.333. The average molecular weight is 187 g/mol. The van der Waals surface area contributed by atoms with E-state index in [9.17, 15) is 8.78 Å². The summed E-state index contributed by atoms with van der Waals surface area (Å²) in [5.41, 5.74) is 5.37. The molecule has 1 unspecified atom stereocenters. The number of benzene rings is 1. The molecule has 0 radical (unpaired) electrons. The Morgan fingerprint density at radius 1 is 1.38 bits per heavy atom. The Labute approximate surface area is 75.3 Å². The van der Waals surface area contributed by atoms with E-state index in [1.165, 1.54) is 6.07 Å². The summed E-state index contributed by atoms with van der Waals surface area (Å²) in [5, 5.41) is 0. The zero-order valence-electron chi connectivity index (χ0n) is 7.26. The molecule has 0 aliphatic carbocycles. The van der Waals surface area contributed by atoms with Crippen LogP contribution in [-0.2, 0) is 0 Å². The molecule has 1 aromatic rings. The van der Waals surface area contributed by atoms with E-state index in [-0.39, 0.29) is 18.4 Å². The van der Waals surface area contributed by atoms with Crippen molar-refractivity contribution in [2.45, 2.75) is 13.0 Å². The molecule has 0 aliphatic heterocycles. The van der Waals surface area contributed by atoms with Gasteiger partial charge in [0.25, 0.3) is 0 Å². The summed E-state index contributed by atoms with van der Waals surface area (Å²) in [4.78, 5) is 0. The minimum Gasteiger partial charge on any atom is -0.486 e. The minimum absolute atomic E-state index is 0.0951. The van der Waals surface area contributed by atoms with Crippen molar-refractivity contribution in [3.05, 3.63) is 29.8 Å². The summed E-state index contributed by atoms with van der Waals surface area (Å²) in [7, 11) is 0. The van der Waals surface area contributed by atoms with Gasteiger partial charge in [-0.2, -0.15) is 0 Å². The van der Waals surface area contributed by atoms with E-state index in [0.29, 0.717) is 0 Å². The lowest BCUT2D eigenvalue weighted by atomic mass is 10.3. The van der Waals surface area contributed by atoms with E-state index in [0.717, 1.165) is 12.1 Å². The standard InChI is InChI=1S/C9H11F2NO/c1-6(12)5-13-9-7(10)3-2-4-8(9)11/h2-4,6H,5,12H2,1H3. The number of hydrogen-bond donors (Lipinski definition) is 1. The first-order chi connectivity index (χ1) is 6.11.